The predicted molar refractivity (Wildman–Crippen MR) is 125 cm³/mol. The zero-order valence-corrected chi connectivity index (χ0v) is 18.2. The zero-order chi connectivity index (χ0) is 21.9. The smallest absolute Gasteiger partial charge is 0.120 e. The van der Waals surface area contributed by atoms with Crippen molar-refractivity contribution in [3.63, 3.8) is 0 Å². The molecule has 0 spiro atoms. The van der Waals surface area contributed by atoms with Gasteiger partial charge in [-0.05, 0) is 52.2 Å². The summed E-state index contributed by atoms with van der Waals surface area (Å²) in [4.78, 5) is 4.80. The van der Waals surface area contributed by atoms with E-state index in [0.717, 1.165) is 67.0 Å². The molecule has 3 aromatic rings. The van der Waals surface area contributed by atoms with Crippen molar-refractivity contribution in [1.29, 1.82) is 0 Å². The van der Waals surface area contributed by atoms with Crippen LogP contribution in [0.25, 0.3) is 21.9 Å². The minimum atomic E-state index is -0.516. The molecule has 168 valence electrons. The average Bonchev–Trinajstić information content (AvgIpc) is 2.77. The number of hydrogen-bond donors (Lipinski definition) is 2. The molecule has 2 heterocycles. The molecule has 0 saturated carbocycles. The molecule has 0 amide bonds. The lowest BCUT2D eigenvalue weighted by Crippen LogP contribution is -2.57. The molecular weight excluding hydrogens is 404 g/mol. The van der Waals surface area contributed by atoms with Crippen LogP contribution < -0.4 is 4.74 Å². The van der Waals surface area contributed by atoms with Crippen LogP contribution in [-0.2, 0) is 4.74 Å². The number of ether oxygens (including phenoxy) is 2. The van der Waals surface area contributed by atoms with Crippen LogP contribution in [0.2, 0.25) is 0 Å². The van der Waals surface area contributed by atoms with Crippen molar-refractivity contribution < 1.29 is 19.7 Å². The van der Waals surface area contributed by atoms with Crippen LogP contribution in [0, 0.1) is 0 Å². The maximum atomic E-state index is 10.5. The van der Waals surface area contributed by atoms with Crippen LogP contribution in [0.1, 0.15) is 0 Å². The lowest BCUT2D eigenvalue weighted by atomic mass is 10.0. The van der Waals surface area contributed by atoms with E-state index in [1.165, 1.54) is 0 Å². The third-order valence-corrected chi connectivity index (χ3v) is 6.45. The van der Waals surface area contributed by atoms with E-state index in [4.69, 9.17) is 9.47 Å². The molecule has 6 nitrogen and oxygen atoms in total. The summed E-state index contributed by atoms with van der Waals surface area (Å²) in [6, 6.07) is 20.1. The standard InChI is InChI=1S/C26H30N2O4/c29-24-3-1-2-19(13-24)20-4-5-22-14-26(7-6-21(22)12-20)32-18-25(30)15-27-8-10-28(11-9-27)23-16-31-17-23/h1-7,12-14,23,25,29-30H,8-11,15-18H2. The first kappa shape index (κ1) is 21.2. The van der Waals surface area contributed by atoms with Gasteiger partial charge in [-0.25, -0.2) is 0 Å². The Bertz CT molecular complexity index is 1060. The third-order valence-electron chi connectivity index (χ3n) is 6.45. The molecule has 2 saturated heterocycles. The Morgan fingerprint density at radius 3 is 2.41 bits per heavy atom. The van der Waals surface area contributed by atoms with Crippen LogP contribution in [0.5, 0.6) is 11.5 Å². The lowest BCUT2D eigenvalue weighted by Gasteiger charge is -2.42. The first-order valence-corrected chi connectivity index (χ1v) is 11.3. The average molecular weight is 435 g/mol. The number of β-amino-alcohol motifs (C(OH)–C–C–N with tert-alkyl or cyclic N) is 1. The molecule has 2 aliphatic heterocycles. The van der Waals surface area contributed by atoms with Gasteiger partial charge in [-0.1, -0.05) is 30.3 Å². The Morgan fingerprint density at radius 2 is 1.66 bits per heavy atom. The number of aliphatic hydroxyl groups excluding tert-OH is 1. The Kier molecular flexibility index (Phi) is 6.28. The molecule has 5 rings (SSSR count). The second-order valence-corrected chi connectivity index (χ2v) is 8.77. The van der Waals surface area contributed by atoms with E-state index in [-0.39, 0.29) is 12.4 Å². The molecule has 0 aliphatic carbocycles. The van der Waals surface area contributed by atoms with E-state index in [1.807, 2.05) is 36.4 Å². The van der Waals surface area contributed by atoms with Crippen LogP contribution in [0.3, 0.4) is 0 Å². The van der Waals surface area contributed by atoms with Crippen molar-refractivity contribution in [1.82, 2.24) is 9.80 Å². The van der Waals surface area contributed by atoms with Gasteiger partial charge in [-0.2, -0.15) is 0 Å². The van der Waals surface area contributed by atoms with Gasteiger partial charge in [-0.3, -0.25) is 9.80 Å². The largest absolute Gasteiger partial charge is 0.508 e. The Hall–Kier alpha value is -2.64. The van der Waals surface area contributed by atoms with Crippen LogP contribution in [0.15, 0.2) is 60.7 Å². The summed E-state index contributed by atoms with van der Waals surface area (Å²) in [6.45, 7) is 6.67. The minimum Gasteiger partial charge on any atom is -0.508 e. The quantitative estimate of drug-likeness (QED) is 0.596. The van der Waals surface area contributed by atoms with Crippen molar-refractivity contribution in [2.45, 2.75) is 12.1 Å². The molecule has 0 aromatic heterocycles. The van der Waals surface area contributed by atoms with Crippen LogP contribution in [-0.4, -0.2) is 84.7 Å². The van der Waals surface area contributed by atoms with Gasteiger partial charge < -0.3 is 19.7 Å². The summed E-state index contributed by atoms with van der Waals surface area (Å²) < 4.78 is 11.2. The van der Waals surface area contributed by atoms with E-state index in [0.29, 0.717) is 12.6 Å². The Balaban J connectivity index is 1.14. The van der Waals surface area contributed by atoms with Gasteiger partial charge in [0.25, 0.3) is 0 Å². The van der Waals surface area contributed by atoms with Crippen molar-refractivity contribution in [2.75, 3.05) is 52.5 Å². The SMILES string of the molecule is Oc1cccc(-c2ccc3cc(OCC(O)CN4CCN(C5COC5)CC4)ccc3c2)c1. The topological polar surface area (TPSA) is 65.4 Å². The van der Waals surface area contributed by atoms with Crippen molar-refractivity contribution in [3.05, 3.63) is 60.7 Å². The molecule has 0 radical (unpaired) electrons. The van der Waals surface area contributed by atoms with Crippen LogP contribution in [0.4, 0.5) is 0 Å². The summed E-state index contributed by atoms with van der Waals surface area (Å²) >= 11 is 0. The maximum absolute atomic E-state index is 10.5. The first-order valence-electron chi connectivity index (χ1n) is 11.3. The number of benzene rings is 3. The molecule has 2 aliphatic rings. The molecule has 2 N–H and O–H groups in total. The maximum Gasteiger partial charge on any atom is 0.120 e. The summed E-state index contributed by atoms with van der Waals surface area (Å²) in [5, 5.41) is 22.4. The van der Waals surface area contributed by atoms with E-state index in [1.54, 1.807) is 12.1 Å². The monoisotopic (exact) mass is 434 g/mol. The molecule has 32 heavy (non-hydrogen) atoms. The lowest BCUT2D eigenvalue weighted by molar-refractivity contribution is -0.0793. The van der Waals surface area contributed by atoms with Gasteiger partial charge in [0, 0.05) is 32.7 Å². The van der Waals surface area contributed by atoms with E-state index >= 15 is 0 Å². The molecule has 2 fully saturated rings. The van der Waals surface area contributed by atoms with Gasteiger partial charge in [0.15, 0.2) is 0 Å². The number of fused-ring (bicyclic) bond motifs is 1. The minimum absolute atomic E-state index is 0.264. The fraction of sp³-hybridized carbons (Fsp3) is 0.385. The van der Waals surface area contributed by atoms with E-state index in [2.05, 4.69) is 21.9 Å². The summed E-state index contributed by atoms with van der Waals surface area (Å²) in [5.41, 5.74) is 2.04. The molecule has 3 aromatic carbocycles. The zero-order valence-electron chi connectivity index (χ0n) is 18.2. The number of phenolic OH excluding ortho intramolecular Hbond substituents is 1. The third kappa shape index (κ3) is 4.89. The second kappa shape index (κ2) is 9.46. The molecule has 1 atom stereocenters. The van der Waals surface area contributed by atoms with Crippen LogP contribution >= 0.6 is 0 Å². The van der Waals surface area contributed by atoms with Crippen molar-refractivity contribution in [3.8, 4) is 22.6 Å². The second-order valence-electron chi connectivity index (χ2n) is 8.77. The fourth-order valence-corrected chi connectivity index (χ4v) is 4.47. The molecule has 6 heteroatoms. The summed E-state index contributed by atoms with van der Waals surface area (Å²) in [5.74, 6) is 1.02. The molecule has 0 bridgehead atoms. The van der Waals surface area contributed by atoms with E-state index in [9.17, 15) is 10.2 Å². The Morgan fingerprint density at radius 1 is 0.906 bits per heavy atom. The first-order chi connectivity index (χ1) is 15.6. The molecule has 1 unspecified atom stereocenters. The van der Waals surface area contributed by atoms with Gasteiger partial charge in [0.1, 0.15) is 24.2 Å². The van der Waals surface area contributed by atoms with E-state index < -0.39 is 6.10 Å². The summed E-state index contributed by atoms with van der Waals surface area (Å²) in [6.07, 6.45) is -0.516. The number of hydrogen-bond acceptors (Lipinski definition) is 6. The number of nitrogens with zero attached hydrogens (tertiary/aromatic N) is 2. The molecular formula is C26H30N2O4. The van der Waals surface area contributed by atoms with Gasteiger partial charge >= 0.3 is 0 Å². The highest BCUT2D eigenvalue weighted by Crippen LogP contribution is 2.28. The Labute approximate surface area is 188 Å². The number of rotatable bonds is 7. The predicted octanol–water partition coefficient (Wildman–Crippen LogP) is 2.97. The number of phenols is 1. The van der Waals surface area contributed by atoms with Gasteiger partial charge in [0.2, 0.25) is 0 Å². The number of piperazine rings is 1. The summed E-state index contributed by atoms with van der Waals surface area (Å²) in [7, 11) is 0. The van der Waals surface area contributed by atoms with Crippen molar-refractivity contribution >= 4 is 10.8 Å². The van der Waals surface area contributed by atoms with Gasteiger partial charge in [-0.15, -0.1) is 0 Å². The number of aliphatic hydroxyl groups is 1. The number of aromatic hydroxyl groups is 1. The van der Waals surface area contributed by atoms with Crippen molar-refractivity contribution in [2.24, 2.45) is 0 Å². The highest BCUT2D eigenvalue weighted by Gasteiger charge is 2.29. The van der Waals surface area contributed by atoms with Gasteiger partial charge in [0.05, 0.1) is 19.3 Å². The highest BCUT2D eigenvalue weighted by molar-refractivity contribution is 5.88. The normalized spacial score (nSPS) is 19.0. The highest BCUT2D eigenvalue weighted by atomic mass is 16.5. The fourth-order valence-electron chi connectivity index (χ4n) is 4.47.